The van der Waals surface area contributed by atoms with E-state index in [2.05, 4.69) is 22.4 Å². The molecule has 1 aromatic heterocycles. The molecule has 0 atom stereocenters. The lowest BCUT2D eigenvalue weighted by atomic mass is 10.1. The summed E-state index contributed by atoms with van der Waals surface area (Å²) in [6.07, 6.45) is 0. The van der Waals surface area contributed by atoms with Gasteiger partial charge in [-0.05, 0) is 49.2 Å². The second kappa shape index (κ2) is 5.63. The Morgan fingerprint density at radius 3 is 2.45 bits per heavy atom. The number of nitrogens with zero attached hydrogens (tertiary/aromatic N) is 4. The molecule has 0 spiro atoms. The van der Waals surface area contributed by atoms with Crippen LogP contribution < -0.4 is 0 Å². The normalized spacial score (nSPS) is 10.5. The summed E-state index contributed by atoms with van der Waals surface area (Å²) >= 11 is 6.07. The predicted molar refractivity (Wildman–Crippen MR) is 86.0 cm³/mol. The zero-order chi connectivity index (χ0) is 15.7. The number of rotatable bonds is 2. The third kappa shape index (κ3) is 2.59. The second-order valence-corrected chi connectivity index (χ2v) is 5.60. The van der Waals surface area contributed by atoms with E-state index in [0.29, 0.717) is 10.7 Å². The minimum atomic E-state index is 0.279. The molecule has 0 bridgehead atoms. The van der Waals surface area contributed by atoms with Gasteiger partial charge in [-0.1, -0.05) is 35.0 Å². The van der Waals surface area contributed by atoms with Crippen molar-refractivity contribution in [2.75, 3.05) is 0 Å². The van der Waals surface area contributed by atoms with Gasteiger partial charge in [0.1, 0.15) is 11.8 Å². The summed E-state index contributed by atoms with van der Waals surface area (Å²) < 4.78 is 1.68. The monoisotopic (exact) mass is 308 g/mol. The van der Waals surface area contributed by atoms with E-state index >= 15 is 0 Å². The Hall–Kier alpha value is -2.64. The standard InChI is InChI=1S/C17H13ClN4/c1-11-6-12(2)8-15(7-11)22-17(16(10-19)20-21-22)13-4-3-5-14(18)9-13/h3-9H,1-2H3. The highest BCUT2D eigenvalue weighted by Crippen LogP contribution is 2.27. The first-order valence-electron chi connectivity index (χ1n) is 6.79. The fourth-order valence-corrected chi connectivity index (χ4v) is 2.70. The summed E-state index contributed by atoms with van der Waals surface area (Å²) in [5.74, 6) is 0. The van der Waals surface area contributed by atoms with E-state index in [1.165, 1.54) is 0 Å². The lowest BCUT2D eigenvalue weighted by Gasteiger charge is -2.09. The molecular weight excluding hydrogens is 296 g/mol. The van der Waals surface area contributed by atoms with Crippen LogP contribution in [-0.4, -0.2) is 15.0 Å². The molecule has 0 fully saturated rings. The number of benzene rings is 2. The Balaban J connectivity index is 2.26. The average molecular weight is 309 g/mol. The minimum absolute atomic E-state index is 0.279. The number of halogens is 1. The van der Waals surface area contributed by atoms with Crippen LogP contribution in [0.25, 0.3) is 16.9 Å². The average Bonchev–Trinajstić information content (AvgIpc) is 2.90. The molecule has 3 rings (SSSR count). The molecule has 2 aromatic carbocycles. The number of hydrogen-bond donors (Lipinski definition) is 0. The van der Waals surface area contributed by atoms with Gasteiger partial charge in [0.05, 0.1) is 5.69 Å². The SMILES string of the molecule is Cc1cc(C)cc(-n2nnc(C#N)c2-c2cccc(Cl)c2)c1. The Kier molecular flexibility index (Phi) is 3.66. The molecule has 0 radical (unpaired) electrons. The van der Waals surface area contributed by atoms with Crippen LogP contribution in [0.15, 0.2) is 42.5 Å². The van der Waals surface area contributed by atoms with Crippen LogP contribution in [0, 0.1) is 25.2 Å². The van der Waals surface area contributed by atoms with Crippen LogP contribution in [-0.2, 0) is 0 Å². The van der Waals surface area contributed by atoms with Gasteiger partial charge in [-0.25, -0.2) is 4.68 Å². The van der Waals surface area contributed by atoms with Gasteiger partial charge < -0.3 is 0 Å². The highest BCUT2D eigenvalue weighted by Gasteiger charge is 2.16. The topological polar surface area (TPSA) is 54.5 Å². The molecule has 4 nitrogen and oxygen atoms in total. The number of hydrogen-bond acceptors (Lipinski definition) is 3. The third-order valence-electron chi connectivity index (χ3n) is 3.33. The second-order valence-electron chi connectivity index (χ2n) is 5.17. The van der Waals surface area contributed by atoms with Crippen molar-refractivity contribution in [1.29, 1.82) is 5.26 Å². The third-order valence-corrected chi connectivity index (χ3v) is 3.56. The fourth-order valence-electron chi connectivity index (χ4n) is 2.51. The summed E-state index contributed by atoms with van der Waals surface area (Å²) in [4.78, 5) is 0. The van der Waals surface area contributed by atoms with Gasteiger partial charge in [0.25, 0.3) is 0 Å². The minimum Gasteiger partial charge on any atom is -0.211 e. The molecule has 1 heterocycles. The van der Waals surface area contributed by atoms with Gasteiger partial charge in [0.2, 0.25) is 0 Å². The molecule has 0 unspecified atom stereocenters. The van der Waals surface area contributed by atoms with E-state index in [1.54, 1.807) is 16.8 Å². The Bertz CT molecular complexity index is 870. The molecule has 0 aliphatic heterocycles. The molecule has 108 valence electrons. The van der Waals surface area contributed by atoms with Crippen molar-refractivity contribution in [3.63, 3.8) is 0 Å². The summed E-state index contributed by atoms with van der Waals surface area (Å²) in [6, 6.07) is 15.5. The Morgan fingerprint density at radius 2 is 1.82 bits per heavy atom. The van der Waals surface area contributed by atoms with E-state index in [9.17, 15) is 5.26 Å². The fraction of sp³-hybridized carbons (Fsp3) is 0.118. The van der Waals surface area contributed by atoms with Gasteiger partial charge >= 0.3 is 0 Å². The number of nitriles is 1. The first-order valence-corrected chi connectivity index (χ1v) is 7.16. The van der Waals surface area contributed by atoms with E-state index in [1.807, 2.05) is 38.1 Å². The lowest BCUT2D eigenvalue weighted by molar-refractivity contribution is 0.805. The van der Waals surface area contributed by atoms with Crippen molar-refractivity contribution in [1.82, 2.24) is 15.0 Å². The highest BCUT2D eigenvalue weighted by molar-refractivity contribution is 6.30. The van der Waals surface area contributed by atoms with Crippen molar-refractivity contribution in [2.45, 2.75) is 13.8 Å². The Labute approximate surface area is 133 Å². The van der Waals surface area contributed by atoms with Crippen LogP contribution in [0.3, 0.4) is 0 Å². The maximum atomic E-state index is 9.32. The molecule has 5 heteroatoms. The summed E-state index contributed by atoms with van der Waals surface area (Å²) in [6.45, 7) is 4.05. The summed E-state index contributed by atoms with van der Waals surface area (Å²) in [5.41, 5.74) is 4.87. The van der Waals surface area contributed by atoms with E-state index in [-0.39, 0.29) is 5.69 Å². The maximum absolute atomic E-state index is 9.32. The Morgan fingerprint density at radius 1 is 1.09 bits per heavy atom. The predicted octanol–water partition coefficient (Wildman–Crippen LogP) is 4.08. The molecule has 3 aromatic rings. The van der Waals surface area contributed by atoms with Gasteiger partial charge in [-0.15, -0.1) is 5.10 Å². The van der Waals surface area contributed by atoms with E-state index in [0.717, 1.165) is 22.4 Å². The smallest absolute Gasteiger partial charge is 0.191 e. The van der Waals surface area contributed by atoms with Gasteiger partial charge in [0, 0.05) is 10.6 Å². The largest absolute Gasteiger partial charge is 0.211 e. The first kappa shape index (κ1) is 14.3. The molecule has 0 aliphatic carbocycles. The zero-order valence-corrected chi connectivity index (χ0v) is 13.0. The van der Waals surface area contributed by atoms with Crippen molar-refractivity contribution >= 4 is 11.6 Å². The summed E-state index contributed by atoms with van der Waals surface area (Å²) in [5, 5.41) is 18.1. The molecular formula is C17H13ClN4. The zero-order valence-electron chi connectivity index (χ0n) is 12.2. The highest BCUT2D eigenvalue weighted by atomic mass is 35.5. The van der Waals surface area contributed by atoms with Crippen LogP contribution in [0.2, 0.25) is 5.02 Å². The molecule has 0 saturated carbocycles. The number of aryl methyl sites for hydroxylation is 2. The van der Waals surface area contributed by atoms with Crippen molar-refractivity contribution in [2.24, 2.45) is 0 Å². The molecule has 0 N–H and O–H groups in total. The summed E-state index contributed by atoms with van der Waals surface area (Å²) in [7, 11) is 0. The van der Waals surface area contributed by atoms with Crippen LogP contribution in [0.5, 0.6) is 0 Å². The quantitative estimate of drug-likeness (QED) is 0.717. The number of aromatic nitrogens is 3. The molecule has 0 saturated heterocycles. The van der Waals surface area contributed by atoms with Gasteiger partial charge in [-0.2, -0.15) is 5.26 Å². The molecule has 22 heavy (non-hydrogen) atoms. The van der Waals surface area contributed by atoms with E-state index < -0.39 is 0 Å². The molecule has 0 amide bonds. The van der Waals surface area contributed by atoms with E-state index in [4.69, 9.17) is 11.6 Å². The van der Waals surface area contributed by atoms with Crippen LogP contribution in [0.4, 0.5) is 0 Å². The van der Waals surface area contributed by atoms with Crippen molar-refractivity contribution < 1.29 is 0 Å². The van der Waals surface area contributed by atoms with Crippen molar-refractivity contribution in [3.8, 4) is 23.0 Å². The van der Waals surface area contributed by atoms with Crippen LogP contribution >= 0.6 is 11.6 Å². The van der Waals surface area contributed by atoms with Gasteiger partial charge in [-0.3, -0.25) is 0 Å². The lowest BCUT2D eigenvalue weighted by Crippen LogP contribution is -2.01. The maximum Gasteiger partial charge on any atom is 0.191 e. The van der Waals surface area contributed by atoms with Gasteiger partial charge in [0.15, 0.2) is 5.69 Å². The van der Waals surface area contributed by atoms with Crippen molar-refractivity contribution in [3.05, 3.63) is 64.3 Å². The first-order chi connectivity index (χ1) is 10.6. The molecule has 0 aliphatic rings. The van der Waals surface area contributed by atoms with Crippen LogP contribution in [0.1, 0.15) is 16.8 Å².